The quantitative estimate of drug-likeness (QED) is 0.783. The third-order valence-corrected chi connectivity index (χ3v) is 5.68. The molecule has 2 aliphatic heterocycles. The molecule has 2 saturated heterocycles. The van der Waals surface area contributed by atoms with E-state index in [4.69, 9.17) is 0 Å². The number of fused-ring (bicyclic) bond motifs is 1. The van der Waals surface area contributed by atoms with Gasteiger partial charge in [-0.05, 0) is 31.0 Å². The number of amides is 1. The Morgan fingerprint density at radius 2 is 2.04 bits per heavy atom. The van der Waals surface area contributed by atoms with Gasteiger partial charge in [0.25, 0.3) is 0 Å². The second kappa shape index (κ2) is 5.79. The number of aromatic nitrogens is 4. The van der Waals surface area contributed by atoms with Crippen LogP contribution < -0.4 is 4.90 Å². The van der Waals surface area contributed by atoms with Crippen molar-refractivity contribution in [3.63, 3.8) is 0 Å². The molecule has 3 aromatic rings. The molecule has 1 atom stereocenters. The van der Waals surface area contributed by atoms with Crippen LogP contribution in [-0.4, -0.2) is 50.6 Å². The van der Waals surface area contributed by atoms with Gasteiger partial charge in [-0.1, -0.05) is 6.07 Å². The van der Waals surface area contributed by atoms with Crippen LogP contribution in [0.25, 0.3) is 10.9 Å². The zero-order valence-electron chi connectivity index (χ0n) is 14.4. The van der Waals surface area contributed by atoms with Crippen LogP contribution in [0, 0.1) is 5.41 Å². The molecule has 5 heterocycles. The average Bonchev–Trinajstić information content (AvgIpc) is 3.39. The maximum Gasteiger partial charge on any atom is 0.231 e. The van der Waals surface area contributed by atoms with Gasteiger partial charge in [-0.2, -0.15) is 5.10 Å². The Balaban J connectivity index is 1.37. The SMILES string of the molecule is O=C1N(Cc2ccccn2)CCC12CCN(c1nccc3[nH]ncc13)C2. The van der Waals surface area contributed by atoms with Crippen LogP contribution in [0.1, 0.15) is 18.5 Å². The highest BCUT2D eigenvalue weighted by Crippen LogP contribution is 2.43. The van der Waals surface area contributed by atoms with Crippen molar-refractivity contribution in [1.29, 1.82) is 0 Å². The molecule has 3 aromatic heterocycles. The van der Waals surface area contributed by atoms with Crippen LogP contribution in [0.5, 0.6) is 0 Å². The molecule has 1 spiro atoms. The molecule has 0 bridgehead atoms. The summed E-state index contributed by atoms with van der Waals surface area (Å²) >= 11 is 0. The second-order valence-electron chi connectivity index (χ2n) is 7.22. The van der Waals surface area contributed by atoms with Crippen molar-refractivity contribution in [2.75, 3.05) is 24.5 Å². The molecule has 2 fully saturated rings. The number of nitrogens with one attached hydrogen (secondary N) is 1. The average molecular weight is 348 g/mol. The standard InChI is InChI=1S/C19H20N6O/c26-18-19(5-9-24(18)12-14-3-1-2-7-20-14)6-10-25(13-19)17-15-11-22-23-16(15)4-8-21-17/h1-4,7-8,11H,5-6,9-10,12-13H2,(H,22,23). The van der Waals surface area contributed by atoms with Crippen molar-refractivity contribution in [3.05, 3.63) is 48.5 Å². The maximum absolute atomic E-state index is 13.2. The van der Waals surface area contributed by atoms with Gasteiger partial charge in [0.15, 0.2) is 0 Å². The van der Waals surface area contributed by atoms with Crippen LogP contribution in [-0.2, 0) is 11.3 Å². The molecule has 0 radical (unpaired) electrons. The molecular weight excluding hydrogens is 328 g/mol. The van der Waals surface area contributed by atoms with Crippen molar-refractivity contribution in [2.45, 2.75) is 19.4 Å². The third-order valence-electron chi connectivity index (χ3n) is 5.68. The summed E-state index contributed by atoms with van der Waals surface area (Å²) in [5, 5.41) is 8.13. The van der Waals surface area contributed by atoms with Crippen molar-refractivity contribution in [2.24, 2.45) is 5.41 Å². The monoisotopic (exact) mass is 348 g/mol. The lowest BCUT2D eigenvalue weighted by molar-refractivity contribution is -0.135. The van der Waals surface area contributed by atoms with E-state index in [2.05, 4.69) is 25.1 Å². The van der Waals surface area contributed by atoms with Gasteiger partial charge in [-0.15, -0.1) is 0 Å². The van der Waals surface area contributed by atoms with E-state index in [0.717, 1.165) is 54.9 Å². The zero-order chi connectivity index (χ0) is 17.6. The molecule has 0 saturated carbocycles. The first-order valence-corrected chi connectivity index (χ1v) is 8.98. The van der Waals surface area contributed by atoms with Gasteiger partial charge in [0.05, 0.1) is 34.8 Å². The maximum atomic E-state index is 13.2. The Morgan fingerprint density at radius 3 is 2.92 bits per heavy atom. The van der Waals surface area contributed by atoms with Crippen LogP contribution >= 0.6 is 0 Å². The number of pyridine rings is 2. The molecule has 0 aliphatic carbocycles. The minimum absolute atomic E-state index is 0.255. The highest BCUT2D eigenvalue weighted by Gasteiger charge is 2.51. The molecule has 7 heteroatoms. The first-order chi connectivity index (χ1) is 12.8. The Morgan fingerprint density at radius 1 is 1.12 bits per heavy atom. The number of hydrogen-bond donors (Lipinski definition) is 1. The van der Waals surface area contributed by atoms with Crippen molar-refractivity contribution >= 4 is 22.6 Å². The van der Waals surface area contributed by atoms with Gasteiger partial charge in [-0.25, -0.2) is 4.98 Å². The van der Waals surface area contributed by atoms with E-state index in [0.29, 0.717) is 6.54 Å². The first-order valence-electron chi connectivity index (χ1n) is 8.98. The summed E-state index contributed by atoms with van der Waals surface area (Å²) in [7, 11) is 0. The lowest BCUT2D eigenvalue weighted by Gasteiger charge is -2.24. The van der Waals surface area contributed by atoms with E-state index in [1.165, 1.54) is 0 Å². The molecule has 2 aliphatic rings. The summed E-state index contributed by atoms with van der Waals surface area (Å²) < 4.78 is 0. The van der Waals surface area contributed by atoms with Crippen LogP contribution in [0.4, 0.5) is 5.82 Å². The molecule has 1 N–H and O–H groups in total. The molecule has 7 nitrogen and oxygen atoms in total. The number of carbonyl (C=O) groups excluding carboxylic acids is 1. The summed E-state index contributed by atoms with van der Waals surface area (Å²) in [4.78, 5) is 26.3. The first kappa shape index (κ1) is 15.3. The lowest BCUT2D eigenvalue weighted by Crippen LogP contribution is -2.37. The highest BCUT2D eigenvalue weighted by atomic mass is 16.2. The summed E-state index contributed by atoms with van der Waals surface area (Å²) in [6.45, 7) is 2.96. The predicted molar refractivity (Wildman–Crippen MR) is 97.4 cm³/mol. The van der Waals surface area contributed by atoms with Gasteiger partial charge < -0.3 is 9.80 Å². The largest absolute Gasteiger partial charge is 0.355 e. The number of H-pyrrole nitrogens is 1. The fourth-order valence-corrected chi connectivity index (χ4v) is 4.27. The van der Waals surface area contributed by atoms with Gasteiger partial charge in [0.1, 0.15) is 5.82 Å². The summed E-state index contributed by atoms with van der Waals surface area (Å²) in [5.41, 5.74) is 1.63. The highest BCUT2D eigenvalue weighted by molar-refractivity contribution is 5.91. The normalized spacial score (nSPS) is 22.8. The summed E-state index contributed by atoms with van der Waals surface area (Å²) in [5.74, 6) is 1.18. The van der Waals surface area contributed by atoms with E-state index in [1.807, 2.05) is 35.4 Å². The molecule has 1 unspecified atom stereocenters. The number of anilines is 1. The zero-order valence-corrected chi connectivity index (χ0v) is 14.4. The van der Waals surface area contributed by atoms with Crippen molar-refractivity contribution in [1.82, 2.24) is 25.1 Å². The van der Waals surface area contributed by atoms with Crippen molar-refractivity contribution in [3.8, 4) is 0 Å². The van der Waals surface area contributed by atoms with E-state index < -0.39 is 0 Å². The van der Waals surface area contributed by atoms with E-state index >= 15 is 0 Å². The number of nitrogens with zero attached hydrogens (tertiary/aromatic N) is 5. The van der Waals surface area contributed by atoms with Crippen LogP contribution in [0.3, 0.4) is 0 Å². The summed E-state index contributed by atoms with van der Waals surface area (Å²) in [6, 6.07) is 7.76. The molecule has 5 rings (SSSR count). The van der Waals surface area contributed by atoms with E-state index in [9.17, 15) is 4.79 Å². The van der Waals surface area contributed by atoms with Crippen LogP contribution in [0.15, 0.2) is 42.9 Å². The molecular formula is C19H20N6O. The second-order valence-corrected chi connectivity index (χ2v) is 7.22. The Bertz CT molecular complexity index is 955. The molecule has 0 aromatic carbocycles. The third kappa shape index (κ3) is 2.34. The Labute approximate surface area is 151 Å². The minimum Gasteiger partial charge on any atom is -0.355 e. The van der Waals surface area contributed by atoms with Crippen molar-refractivity contribution < 1.29 is 4.79 Å². The fourth-order valence-electron chi connectivity index (χ4n) is 4.27. The van der Waals surface area contributed by atoms with E-state index in [1.54, 1.807) is 12.4 Å². The topological polar surface area (TPSA) is 78.0 Å². The predicted octanol–water partition coefficient (Wildman–Crippen LogP) is 1.98. The van der Waals surface area contributed by atoms with Crippen LogP contribution in [0.2, 0.25) is 0 Å². The smallest absolute Gasteiger partial charge is 0.231 e. The molecule has 1 amide bonds. The number of hydrogen-bond acceptors (Lipinski definition) is 5. The molecule has 26 heavy (non-hydrogen) atoms. The number of rotatable bonds is 3. The Hall–Kier alpha value is -2.96. The van der Waals surface area contributed by atoms with Gasteiger partial charge in [-0.3, -0.25) is 14.9 Å². The Kier molecular flexibility index (Phi) is 3.41. The summed E-state index contributed by atoms with van der Waals surface area (Å²) in [6.07, 6.45) is 7.16. The number of likely N-dealkylation sites (tertiary alicyclic amines) is 1. The van der Waals surface area contributed by atoms with Gasteiger partial charge >= 0.3 is 0 Å². The molecule has 132 valence electrons. The number of aromatic amines is 1. The minimum atomic E-state index is -0.289. The number of carbonyl (C=O) groups is 1. The fraction of sp³-hybridized carbons (Fsp3) is 0.368. The van der Waals surface area contributed by atoms with Gasteiger partial charge in [0.2, 0.25) is 5.91 Å². The van der Waals surface area contributed by atoms with E-state index in [-0.39, 0.29) is 11.3 Å². The van der Waals surface area contributed by atoms with Gasteiger partial charge in [0, 0.05) is 32.0 Å². The lowest BCUT2D eigenvalue weighted by atomic mass is 9.85.